The molecule has 1 heterocycles. The van der Waals surface area contributed by atoms with Gasteiger partial charge in [-0.3, -0.25) is 9.48 Å². The normalized spacial score (nSPS) is 10.3. The third-order valence-corrected chi connectivity index (χ3v) is 3.10. The second kappa shape index (κ2) is 8.52. The van der Waals surface area contributed by atoms with Gasteiger partial charge in [0, 0.05) is 18.0 Å². The van der Waals surface area contributed by atoms with Gasteiger partial charge in [0.05, 0.1) is 14.1 Å². The van der Waals surface area contributed by atoms with Gasteiger partial charge in [-0.05, 0) is 12.0 Å². The number of halogens is 1. The Bertz CT molecular complexity index is 640. The Hall–Kier alpha value is -1.90. The van der Waals surface area contributed by atoms with Crippen LogP contribution in [0.2, 0.25) is 0 Å². The van der Waals surface area contributed by atoms with Crippen molar-refractivity contribution < 1.29 is 26.3 Å². The summed E-state index contributed by atoms with van der Waals surface area (Å²) in [7, 11) is 4.03. The molecule has 0 N–H and O–H groups in total. The quantitative estimate of drug-likeness (QED) is 0.383. The fraction of sp³-hybridized carbons (Fsp3) is 0.294. The molecule has 2 aromatic rings. The second-order valence-electron chi connectivity index (χ2n) is 5.60. The Balaban J connectivity index is 0.00000242. The molecule has 116 valence electrons. The van der Waals surface area contributed by atoms with Crippen molar-refractivity contribution in [3.8, 4) is 11.8 Å². The highest BCUT2D eigenvalue weighted by Gasteiger charge is 2.19. The first kappa shape index (κ1) is 18.1. The van der Waals surface area contributed by atoms with Crippen molar-refractivity contribution in [1.82, 2.24) is 9.78 Å². The first-order valence-corrected chi connectivity index (χ1v) is 6.90. The molecule has 5 heteroatoms. The van der Waals surface area contributed by atoms with Gasteiger partial charge >= 0.3 is 0 Å². The molecule has 0 aliphatic heterocycles. The minimum absolute atomic E-state index is 0. The highest BCUT2D eigenvalue weighted by molar-refractivity contribution is 5.96. The molecule has 0 spiro atoms. The third kappa shape index (κ3) is 5.84. The molecule has 0 bridgehead atoms. The number of hydrogen-bond donors (Lipinski definition) is 0. The van der Waals surface area contributed by atoms with Crippen molar-refractivity contribution in [3.05, 3.63) is 54.4 Å². The molecule has 0 saturated heterocycles. The second-order valence-corrected chi connectivity index (χ2v) is 5.60. The topological polar surface area (TPSA) is 34.9 Å². The van der Waals surface area contributed by atoms with Crippen molar-refractivity contribution in [2.75, 3.05) is 27.2 Å². The molecule has 0 radical (unpaired) electrons. The molecular weight excluding hydrogens is 342 g/mol. The fourth-order valence-corrected chi connectivity index (χ4v) is 1.96. The van der Waals surface area contributed by atoms with Crippen LogP contribution in [0, 0.1) is 11.8 Å². The van der Waals surface area contributed by atoms with Crippen LogP contribution in [0.15, 0.2) is 48.8 Å². The summed E-state index contributed by atoms with van der Waals surface area (Å²) < 4.78 is 2.34. The predicted octanol–water partition coefficient (Wildman–Crippen LogP) is -1.15. The van der Waals surface area contributed by atoms with Gasteiger partial charge in [0.1, 0.15) is 19.6 Å². The van der Waals surface area contributed by atoms with E-state index in [-0.39, 0.29) is 22.8 Å². The highest BCUT2D eigenvalue weighted by atomic mass is 79.9. The maximum Gasteiger partial charge on any atom is 0.216 e. The molecule has 0 unspecified atom stereocenters. The molecule has 1 aromatic heterocycles. The summed E-state index contributed by atoms with van der Waals surface area (Å²) in [6, 6.07) is 11.3. The third-order valence-electron chi connectivity index (χ3n) is 3.10. The number of carbonyl (C=O) groups excluding carboxylic acids is 1. The Labute approximate surface area is 142 Å². The van der Waals surface area contributed by atoms with Crippen molar-refractivity contribution in [2.45, 2.75) is 6.54 Å². The van der Waals surface area contributed by atoms with Crippen LogP contribution < -0.4 is 17.0 Å². The number of hydrogen-bond acceptors (Lipinski definition) is 2. The number of quaternary nitrogens is 1. The summed E-state index contributed by atoms with van der Waals surface area (Å²) >= 11 is 0. The first-order chi connectivity index (χ1) is 10.1. The summed E-state index contributed by atoms with van der Waals surface area (Å²) in [4.78, 5) is 12.2. The van der Waals surface area contributed by atoms with Gasteiger partial charge in [0.2, 0.25) is 5.78 Å². The lowest BCUT2D eigenvalue weighted by Crippen LogP contribution is -3.00. The van der Waals surface area contributed by atoms with Crippen molar-refractivity contribution in [1.29, 1.82) is 0 Å². The van der Waals surface area contributed by atoms with E-state index in [1.54, 1.807) is 10.9 Å². The molecule has 1 aromatic carbocycles. The van der Waals surface area contributed by atoms with Crippen LogP contribution >= 0.6 is 0 Å². The summed E-state index contributed by atoms with van der Waals surface area (Å²) in [5.41, 5.74) is 0.758. The van der Waals surface area contributed by atoms with E-state index in [9.17, 15) is 4.79 Å². The van der Waals surface area contributed by atoms with E-state index >= 15 is 0 Å². The predicted molar refractivity (Wildman–Crippen MR) is 82.6 cm³/mol. The Morgan fingerprint density at radius 2 is 1.91 bits per heavy atom. The van der Waals surface area contributed by atoms with Crippen molar-refractivity contribution in [3.63, 3.8) is 0 Å². The fourth-order valence-electron chi connectivity index (χ4n) is 1.96. The maximum absolute atomic E-state index is 12.2. The summed E-state index contributed by atoms with van der Waals surface area (Å²) in [5.74, 6) is 6.36. The van der Waals surface area contributed by atoms with Crippen LogP contribution in [0.5, 0.6) is 0 Å². The summed E-state index contributed by atoms with van der Waals surface area (Å²) in [6.45, 7) is 1.67. The van der Waals surface area contributed by atoms with Crippen molar-refractivity contribution in [2.24, 2.45) is 0 Å². The van der Waals surface area contributed by atoms with Crippen LogP contribution in [-0.4, -0.2) is 47.2 Å². The van der Waals surface area contributed by atoms with Gasteiger partial charge in [-0.15, -0.1) is 0 Å². The van der Waals surface area contributed by atoms with Crippen LogP contribution in [0.1, 0.15) is 10.4 Å². The number of likely N-dealkylation sites (N-methyl/N-ethyl adjacent to an activating group) is 1. The maximum atomic E-state index is 12.2. The zero-order valence-electron chi connectivity index (χ0n) is 12.9. The molecule has 0 fully saturated rings. The van der Waals surface area contributed by atoms with Gasteiger partial charge in [0.15, 0.2) is 0 Å². The van der Waals surface area contributed by atoms with E-state index in [2.05, 4.69) is 16.9 Å². The number of carbonyl (C=O) groups is 1. The highest BCUT2D eigenvalue weighted by Crippen LogP contribution is 2.04. The lowest BCUT2D eigenvalue weighted by atomic mass is 10.1. The van der Waals surface area contributed by atoms with E-state index in [1.165, 1.54) is 0 Å². The van der Waals surface area contributed by atoms with Gasteiger partial charge in [-0.1, -0.05) is 36.3 Å². The average Bonchev–Trinajstić information content (AvgIpc) is 2.97. The molecule has 0 saturated carbocycles. The number of Topliss-reactive ketones (excluding diaryl/α,β-unsaturated/α-hetero) is 1. The van der Waals surface area contributed by atoms with Crippen LogP contribution in [0.25, 0.3) is 0 Å². The van der Waals surface area contributed by atoms with Gasteiger partial charge in [0.25, 0.3) is 0 Å². The minimum Gasteiger partial charge on any atom is -1.00 e. The van der Waals surface area contributed by atoms with Gasteiger partial charge in [-0.2, -0.15) is 5.10 Å². The Kier molecular flexibility index (Phi) is 7.03. The summed E-state index contributed by atoms with van der Waals surface area (Å²) in [6.07, 6.45) is 3.62. The number of rotatable bonds is 5. The van der Waals surface area contributed by atoms with Crippen LogP contribution in [0.4, 0.5) is 0 Å². The van der Waals surface area contributed by atoms with Gasteiger partial charge < -0.3 is 21.5 Å². The zero-order valence-corrected chi connectivity index (χ0v) is 14.5. The number of nitrogens with zero attached hydrogens (tertiary/aromatic N) is 3. The number of ketones is 1. The molecule has 0 atom stereocenters. The smallest absolute Gasteiger partial charge is 0.216 e. The monoisotopic (exact) mass is 361 g/mol. The molecule has 0 amide bonds. The minimum atomic E-state index is 0. The van der Waals surface area contributed by atoms with E-state index in [4.69, 9.17) is 0 Å². The molecule has 0 aliphatic rings. The number of benzene rings is 1. The average molecular weight is 362 g/mol. The molecule has 4 nitrogen and oxygen atoms in total. The van der Waals surface area contributed by atoms with E-state index in [0.29, 0.717) is 24.1 Å². The molecule has 0 aliphatic carbocycles. The van der Waals surface area contributed by atoms with Crippen LogP contribution in [0.3, 0.4) is 0 Å². The summed E-state index contributed by atoms with van der Waals surface area (Å²) in [5, 5.41) is 4.09. The van der Waals surface area contributed by atoms with E-state index < -0.39 is 0 Å². The standard InChI is InChI=1S/C17H20N3O.BrH/c1-20(2,14-7-6-12-19-13-8-11-18-19)15-17(21)16-9-4-3-5-10-16;/h3-5,8-11,13H,12,14-15H2,1-2H3;1H/q+1;/p-1. The lowest BCUT2D eigenvalue weighted by molar-refractivity contribution is -0.874. The first-order valence-electron chi connectivity index (χ1n) is 6.90. The van der Waals surface area contributed by atoms with E-state index in [1.807, 2.05) is 56.7 Å². The Morgan fingerprint density at radius 1 is 1.18 bits per heavy atom. The molecule has 2 rings (SSSR count). The zero-order chi connectivity index (χ0) is 15.1. The lowest BCUT2D eigenvalue weighted by Gasteiger charge is -2.26. The Morgan fingerprint density at radius 3 is 2.55 bits per heavy atom. The van der Waals surface area contributed by atoms with Crippen LogP contribution in [-0.2, 0) is 6.54 Å². The molecular formula is C17H20BrN3O. The molecule has 22 heavy (non-hydrogen) atoms. The van der Waals surface area contributed by atoms with Crippen molar-refractivity contribution >= 4 is 5.78 Å². The van der Waals surface area contributed by atoms with Gasteiger partial charge in [-0.25, -0.2) is 0 Å². The van der Waals surface area contributed by atoms with E-state index in [0.717, 1.165) is 5.56 Å². The SMILES string of the molecule is C[N+](C)(CC#CCn1cccn1)CC(=O)c1ccccc1.[Br-]. The largest absolute Gasteiger partial charge is 1.00 e. The number of aromatic nitrogens is 2.